The minimum atomic E-state index is 0.781. The quantitative estimate of drug-likeness (QED) is 0.149. The lowest BCUT2D eigenvalue weighted by Crippen LogP contribution is -2.04. The van der Waals surface area contributed by atoms with Crippen LogP contribution in [0.1, 0.15) is 0 Å². The summed E-state index contributed by atoms with van der Waals surface area (Å²) in [5.41, 5.74) is 17.1. The second kappa shape index (κ2) is 16.7. The van der Waals surface area contributed by atoms with Crippen molar-refractivity contribution < 1.29 is 0 Å². The number of aromatic nitrogens is 3. The first-order chi connectivity index (χ1) is 35.2. The summed E-state index contributed by atoms with van der Waals surface area (Å²) in [5, 5.41) is 9.68. The molecule has 2 aromatic heterocycles. The third kappa shape index (κ3) is 7.06. The summed E-state index contributed by atoms with van der Waals surface area (Å²) >= 11 is 0. The molecule has 14 rings (SSSR count). The fourth-order valence-corrected chi connectivity index (χ4v) is 10.8. The van der Waals surface area contributed by atoms with Crippen molar-refractivity contribution in [3.63, 3.8) is 0 Å². The maximum absolute atomic E-state index is 5.79. The normalized spacial score (nSPS) is 11.7. The van der Waals surface area contributed by atoms with Crippen LogP contribution in [0.2, 0.25) is 0 Å². The molecule has 71 heavy (non-hydrogen) atoms. The topological polar surface area (TPSA) is 30.7 Å². The van der Waals surface area contributed by atoms with Crippen LogP contribution in [0.3, 0.4) is 0 Å². The summed E-state index contributed by atoms with van der Waals surface area (Å²) in [6.45, 7) is 0. The fourth-order valence-electron chi connectivity index (χ4n) is 10.8. The van der Waals surface area contributed by atoms with Gasteiger partial charge in [0.05, 0.1) is 22.1 Å². The van der Waals surface area contributed by atoms with E-state index >= 15 is 0 Å². The molecule has 12 aromatic carbocycles. The molecule has 0 fully saturated rings. The van der Waals surface area contributed by atoms with Gasteiger partial charge in [-0.1, -0.05) is 218 Å². The van der Waals surface area contributed by atoms with Crippen LogP contribution in [0.4, 0.5) is 0 Å². The van der Waals surface area contributed by atoms with E-state index in [2.05, 4.69) is 265 Å². The zero-order valence-electron chi connectivity index (χ0n) is 38.7. The molecule has 0 atom stereocenters. The van der Waals surface area contributed by atoms with Crippen molar-refractivity contribution in [1.82, 2.24) is 14.5 Å². The molecule has 0 spiro atoms. The smallest absolute Gasteiger partial charge is 0.165 e. The van der Waals surface area contributed by atoms with Crippen LogP contribution in [-0.4, -0.2) is 14.5 Å². The average molecular weight is 902 g/mol. The number of benzene rings is 12. The van der Waals surface area contributed by atoms with Gasteiger partial charge in [0, 0.05) is 16.3 Å². The van der Waals surface area contributed by atoms with Gasteiger partial charge in [-0.25, -0.2) is 9.97 Å². The number of rotatable bonds is 7. The Kier molecular flexibility index (Phi) is 9.53. The van der Waals surface area contributed by atoms with Gasteiger partial charge in [-0.05, 0) is 130 Å². The molecule has 0 aliphatic carbocycles. The molecule has 0 aliphatic rings. The summed E-state index contributed by atoms with van der Waals surface area (Å²) in [7, 11) is 0. The largest absolute Gasteiger partial charge is 0.292 e. The van der Waals surface area contributed by atoms with Gasteiger partial charge in [0.2, 0.25) is 0 Å². The van der Waals surface area contributed by atoms with Crippen LogP contribution in [0.15, 0.2) is 261 Å². The predicted octanol–water partition coefficient (Wildman–Crippen LogP) is 18.2. The monoisotopic (exact) mass is 901 g/mol. The average Bonchev–Trinajstić information content (AvgIpc) is 3.76. The Morgan fingerprint density at radius 3 is 1.31 bits per heavy atom. The molecule has 0 saturated heterocycles. The van der Waals surface area contributed by atoms with E-state index < -0.39 is 0 Å². The maximum Gasteiger partial charge on any atom is 0.165 e. The zero-order chi connectivity index (χ0) is 46.8. The summed E-state index contributed by atoms with van der Waals surface area (Å²) in [4.78, 5) is 11.5. The number of nitrogens with zero attached hydrogens (tertiary/aromatic N) is 3. The Hall–Kier alpha value is -9.44. The highest BCUT2D eigenvalue weighted by Crippen LogP contribution is 2.42. The lowest BCUT2D eigenvalue weighted by atomic mass is 9.92. The van der Waals surface area contributed by atoms with E-state index in [-0.39, 0.29) is 0 Å². The molecule has 0 bridgehead atoms. The molecule has 0 unspecified atom stereocenters. The second-order valence-electron chi connectivity index (χ2n) is 18.5. The number of hydrogen-bond donors (Lipinski definition) is 0. The van der Waals surface area contributed by atoms with Crippen LogP contribution in [0, 0.1) is 0 Å². The van der Waals surface area contributed by atoms with E-state index in [1.807, 2.05) is 0 Å². The molecular formula is C68H43N3. The maximum atomic E-state index is 5.79. The Morgan fingerprint density at radius 1 is 0.239 bits per heavy atom. The number of fused-ring (bicyclic) bond motifs is 8. The van der Waals surface area contributed by atoms with Crippen LogP contribution in [-0.2, 0) is 0 Å². The third-order valence-corrected chi connectivity index (χ3v) is 14.4. The van der Waals surface area contributed by atoms with Crippen molar-refractivity contribution in [2.75, 3.05) is 0 Å². The van der Waals surface area contributed by atoms with E-state index in [1.54, 1.807) is 0 Å². The summed E-state index contributed by atoms with van der Waals surface area (Å²) < 4.78 is 2.36. The molecule has 0 saturated carbocycles. The van der Waals surface area contributed by atoms with Crippen LogP contribution in [0.25, 0.3) is 138 Å². The minimum Gasteiger partial charge on any atom is -0.292 e. The van der Waals surface area contributed by atoms with Gasteiger partial charge >= 0.3 is 0 Å². The molecular weight excluding hydrogens is 859 g/mol. The highest BCUT2D eigenvalue weighted by Gasteiger charge is 2.22. The Bertz CT molecular complexity index is 4350. The second-order valence-corrected chi connectivity index (χ2v) is 18.5. The lowest BCUT2D eigenvalue weighted by molar-refractivity contribution is 1.08. The first-order valence-corrected chi connectivity index (χ1v) is 24.3. The van der Waals surface area contributed by atoms with Gasteiger partial charge in [0.1, 0.15) is 5.69 Å². The molecule has 330 valence electrons. The van der Waals surface area contributed by atoms with E-state index in [4.69, 9.17) is 9.97 Å². The Labute approximate surface area is 411 Å². The number of hydrogen-bond acceptors (Lipinski definition) is 2. The first-order valence-electron chi connectivity index (χ1n) is 24.3. The van der Waals surface area contributed by atoms with Crippen molar-refractivity contribution in [3.05, 3.63) is 261 Å². The molecule has 0 N–H and O–H groups in total. The summed E-state index contributed by atoms with van der Waals surface area (Å²) in [5.74, 6) is 0.781. The van der Waals surface area contributed by atoms with Gasteiger partial charge < -0.3 is 0 Å². The molecule has 0 amide bonds. The Morgan fingerprint density at radius 2 is 0.662 bits per heavy atom. The first kappa shape index (κ1) is 40.6. The summed E-state index contributed by atoms with van der Waals surface area (Å²) in [6, 6.07) is 94.3. The van der Waals surface area contributed by atoms with Crippen LogP contribution < -0.4 is 0 Å². The van der Waals surface area contributed by atoms with Crippen molar-refractivity contribution in [2.45, 2.75) is 0 Å². The van der Waals surface area contributed by atoms with Crippen LogP contribution in [0.5, 0.6) is 0 Å². The SMILES string of the molecule is c1ccc(-c2ccc(-c3cc4nc(-n5c6ccc(-c7ccc8ccc9ccccc9c8c7)cc6c6cc7ccccc7cc65)c(-c5ccc(-c6ccccc6)cc5)nc4cc3-c3ccccc3)cc2)cc1. The van der Waals surface area contributed by atoms with Crippen molar-refractivity contribution in [3.8, 4) is 72.7 Å². The van der Waals surface area contributed by atoms with Crippen molar-refractivity contribution in [2.24, 2.45) is 0 Å². The standard InChI is InChI=1S/C68H43N3/c1-4-14-44(15-5-1)46-24-28-51(29-25-46)60-43-64-63(42-59(60)48-18-8-3-9-19-48)69-67(52-33-26-47(27-34-52)45-16-6-2-7-17-45)68(70-64)71-65-37-36-56(40-61(65)62-39-53-21-10-11-22-54(53)41-66(62)71)55-35-32-50-31-30-49-20-12-13-23-57(49)58(50)38-55/h1-43H. The molecule has 14 aromatic rings. The van der Waals surface area contributed by atoms with Crippen LogP contribution >= 0.6 is 0 Å². The highest BCUT2D eigenvalue weighted by molar-refractivity contribution is 6.15. The molecule has 0 radical (unpaired) electrons. The molecule has 3 nitrogen and oxygen atoms in total. The molecule has 3 heteroatoms. The van der Waals surface area contributed by atoms with Gasteiger partial charge in [0.25, 0.3) is 0 Å². The summed E-state index contributed by atoms with van der Waals surface area (Å²) in [6.07, 6.45) is 0. The van der Waals surface area contributed by atoms with Crippen molar-refractivity contribution in [1.29, 1.82) is 0 Å². The van der Waals surface area contributed by atoms with Crippen molar-refractivity contribution >= 4 is 65.2 Å². The van der Waals surface area contributed by atoms with E-state index in [0.29, 0.717) is 0 Å². The fraction of sp³-hybridized carbons (Fsp3) is 0. The minimum absolute atomic E-state index is 0.781. The lowest BCUT2D eigenvalue weighted by Gasteiger charge is -2.17. The van der Waals surface area contributed by atoms with Gasteiger partial charge in [-0.3, -0.25) is 4.57 Å². The third-order valence-electron chi connectivity index (χ3n) is 14.4. The van der Waals surface area contributed by atoms with E-state index in [0.717, 1.165) is 83.3 Å². The van der Waals surface area contributed by atoms with Gasteiger partial charge in [0.15, 0.2) is 5.82 Å². The zero-order valence-corrected chi connectivity index (χ0v) is 38.7. The van der Waals surface area contributed by atoms with E-state index in [1.165, 1.54) is 54.6 Å². The van der Waals surface area contributed by atoms with Gasteiger partial charge in [-0.15, -0.1) is 0 Å². The highest BCUT2D eigenvalue weighted by atomic mass is 15.1. The Balaban J connectivity index is 1.03. The predicted molar refractivity (Wildman–Crippen MR) is 299 cm³/mol. The van der Waals surface area contributed by atoms with E-state index in [9.17, 15) is 0 Å². The van der Waals surface area contributed by atoms with Gasteiger partial charge in [-0.2, -0.15) is 0 Å². The molecule has 0 aliphatic heterocycles. The molecule has 2 heterocycles.